The average Bonchev–Trinajstić information content (AvgIpc) is 2.48. The first-order chi connectivity index (χ1) is 10.2. The van der Waals surface area contributed by atoms with Crippen molar-refractivity contribution in [3.8, 4) is 11.5 Å². The maximum absolute atomic E-state index is 5.94. The molecule has 21 heavy (non-hydrogen) atoms. The molecule has 2 aromatic carbocycles. The first kappa shape index (κ1) is 16.7. The number of alkyl halides is 1. The zero-order chi connectivity index (χ0) is 15.2. The van der Waals surface area contributed by atoms with Crippen LogP contribution in [0.25, 0.3) is 0 Å². The largest absolute Gasteiger partial charge is 0.490 e. The Hall–Kier alpha value is -0.710. The van der Waals surface area contributed by atoms with Crippen molar-refractivity contribution in [2.24, 2.45) is 0 Å². The summed E-state index contributed by atoms with van der Waals surface area (Å²) >= 11 is 12.9. The van der Waals surface area contributed by atoms with Crippen LogP contribution in [0.2, 0.25) is 0 Å². The summed E-state index contributed by atoms with van der Waals surface area (Å²) in [6.07, 6.45) is 0. The van der Waals surface area contributed by atoms with Gasteiger partial charge in [-0.3, -0.25) is 0 Å². The molecule has 0 saturated heterocycles. The normalized spacial score (nSPS) is 10.5. The van der Waals surface area contributed by atoms with Gasteiger partial charge in [-0.25, -0.2) is 0 Å². The second-order valence-electron chi connectivity index (χ2n) is 4.35. The van der Waals surface area contributed by atoms with Gasteiger partial charge in [0.05, 0.1) is 11.1 Å². The van der Waals surface area contributed by atoms with E-state index in [1.807, 2.05) is 43.3 Å². The van der Waals surface area contributed by atoms with Gasteiger partial charge in [-0.2, -0.15) is 0 Å². The molecule has 5 heteroatoms. The minimum absolute atomic E-state index is 0.434. The summed E-state index contributed by atoms with van der Waals surface area (Å²) in [6, 6.07) is 11.8. The average molecular weight is 435 g/mol. The van der Waals surface area contributed by atoms with E-state index in [4.69, 9.17) is 21.1 Å². The van der Waals surface area contributed by atoms with Crippen molar-refractivity contribution in [2.75, 3.05) is 6.61 Å². The Morgan fingerprint density at radius 3 is 2.48 bits per heavy atom. The summed E-state index contributed by atoms with van der Waals surface area (Å²) in [5.74, 6) is 1.83. The highest BCUT2D eigenvalue weighted by Crippen LogP contribution is 2.38. The summed E-state index contributed by atoms with van der Waals surface area (Å²) in [7, 11) is 0. The van der Waals surface area contributed by atoms with Gasteiger partial charge in [-0.15, -0.1) is 11.6 Å². The highest BCUT2D eigenvalue weighted by molar-refractivity contribution is 9.10. The van der Waals surface area contributed by atoms with Crippen LogP contribution in [0.5, 0.6) is 11.5 Å². The van der Waals surface area contributed by atoms with Crippen LogP contribution in [0.15, 0.2) is 45.3 Å². The Morgan fingerprint density at radius 1 is 1.05 bits per heavy atom. The molecule has 0 radical (unpaired) electrons. The van der Waals surface area contributed by atoms with Gasteiger partial charge in [0, 0.05) is 15.9 Å². The predicted octanol–water partition coefficient (Wildman–Crippen LogP) is 5.93. The maximum Gasteiger partial charge on any atom is 0.175 e. The molecule has 2 nitrogen and oxygen atoms in total. The molecule has 0 aliphatic carbocycles. The van der Waals surface area contributed by atoms with Crippen molar-refractivity contribution in [3.05, 3.63) is 56.5 Å². The molecule has 0 unspecified atom stereocenters. The molecule has 0 fully saturated rings. The Bertz CT molecular complexity index is 617. The first-order valence-corrected chi connectivity index (χ1v) is 8.65. The molecule has 0 atom stereocenters. The second kappa shape index (κ2) is 8.06. The van der Waals surface area contributed by atoms with Crippen molar-refractivity contribution in [1.82, 2.24) is 0 Å². The number of hydrogen-bond acceptors (Lipinski definition) is 2. The lowest BCUT2D eigenvalue weighted by Gasteiger charge is -2.15. The van der Waals surface area contributed by atoms with E-state index in [9.17, 15) is 0 Å². The molecule has 0 N–H and O–H groups in total. The lowest BCUT2D eigenvalue weighted by molar-refractivity contribution is 0.267. The molecule has 0 saturated carbocycles. The summed E-state index contributed by atoms with van der Waals surface area (Å²) < 4.78 is 13.5. The van der Waals surface area contributed by atoms with Crippen molar-refractivity contribution >= 4 is 43.5 Å². The first-order valence-electron chi connectivity index (χ1n) is 6.53. The minimum atomic E-state index is 0.434. The Balaban J connectivity index is 2.24. The van der Waals surface area contributed by atoms with Gasteiger partial charge in [0.25, 0.3) is 0 Å². The fourth-order valence-electron chi connectivity index (χ4n) is 1.87. The van der Waals surface area contributed by atoms with Crippen molar-refractivity contribution < 1.29 is 9.47 Å². The molecule has 0 aliphatic heterocycles. The van der Waals surface area contributed by atoms with E-state index in [1.54, 1.807) is 0 Å². The molecule has 0 amide bonds. The van der Waals surface area contributed by atoms with E-state index in [1.165, 1.54) is 0 Å². The van der Waals surface area contributed by atoms with E-state index in [-0.39, 0.29) is 0 Å². The molecular formula is C16H15Br2ClO2. The van der Waals surface area contributed by atoms with Crippen LogP contribution in [0.1, 0.15) is 18.1 Å². The van der Waals surface area contributed by atoms with Gasteiger partial charge in [-0.1, -0.05) is 34.1 Å². The number of hydrogen-bond donors (Lipinski definition) is 0. The van der Waals surface area contributed by atoms with E-state index in [2.05, 4.69) is 31.9 Å². The van der Waals surface area contributed by atoms with Gasteiger partial charge < -0.3 is 9.47 Å². The quantitative estimate of drug-likeness (QED) is 0.525. The Kier molecular flexibility index (Phi) is 6.40. The predicted molar refractivity (Wildman–Crippen MR) is 93.3 cm³/mol. The zero-order valence-electron chi connectivity index (χ0n) is 11.5. The van der Waals surface area contributed by atoms with Crippen LogP contribution in [-0.4, -0.2) is 6.61 Å². The third-order valence-corrected chi connectivity index (χ3v) is 4.52. The summed E-state index contributed by atoms with van der Waals surface area (Å²) in [5, 5.41) is 0. The second-order valence-corrected chi connectivity index (χ2v) is 6.33. The van der Waals surface area contributed by atoms with Gasteiger partial charge in [-0.05, 0) is 46.6 Å². The van der Waals surface area contributed by atoms with Crippen LogP contribution in [0.4, 0.5) is 0 Å². The number of ether oxygens (including phenoxy) is 2. The standard InChI is InChI=1S/C16H15Br2ClO2/c1-2-20-15-8-11(9-19)7-14(18)16(15)21-10-12-5-3-4-6-13(12)17/h3-8H,2,9-10H2,1H3. The molecule has 112 valence electrons. The third-order valence-electron chi connectivity index (χ3n) is 2.85. The van der Waals surface area contributed by atoms with Crippen LogP contribution in [-0.2, 0) is 12.5 Å². The minimum Gasteiger partial charge on any atom is -0.490 e. The molecule has 2 rings (SSSR count). The fourth-order valence-corrected chi connectivity index (χ4v) is 3.02. The van der Waals surface area contributed by atoms with Crippen LogP contribution < -0.4 is 9.47 Å². The highest BCUT2D eigenvalue weighted by Gasteiger charge is 2.13. The number of rotatable bonds is 6. The van der Waals surface area contributed by atoms with Crippen LogP contribution >= 0.6 is 43.5 Å². The molecule has 0 aliphatic rings. The number of halogens is 3. The third kappa shape index (κ3) is 4.38. The maximum atomic E-state index is 5.94. The zero-order valence-corrected chi connectivity index (χ0v) is 15.5. The highest BCUT2D eigenvalue weighted by atomic mass is 79.9. The SMILES string of the molecule is CCOc1cc(CCl)cc(Br)c1OCc1ccccc1Br. The van der Waals surface area contributed by atoms with Crippen molar-refractivity contribution in [2.45, 2.75) is 19.4 Å². The molecule has 0 spiro atoms. The van der Waals surface area contributed by atoms with E-state index in [0.29, 0.717) is 30.6 Å². The Morgan fingerprint density at radius 2 is 1.81 bits per heavy atom. The summed E-state index contributed by atoms with van der Waals surface area (Å²) in [5.41, 5.74) is 2.06. The van der Waals surface area contributed by atoms with E-state index < -0.39 is 0 Å². The van der Waals surface area contributed by atoms with Gasteiger partial charge in [0.15, 0.2) is 11.5 Å². The van der Waals surface area contributed by atoms with E-state index in [0.717, 1.165) is 20.1 Å². The molecule has 0 heterocycles. The van der Waals surface area contributed by atoms with Gasteiger partial charge in [0.2, 0.25) is 0 Å². The van der Waals surface area contributed by atoms with Crippen LogP contribution in [0.3, 0.4) is 0 Å². The summed E-state index contributed by atoms with van der Waals surface area (Å²) in [6.45, 7) is 2.97. The Labute approximate surface area is 146 Å². The van der Waals surface area contributed by atoms with Gasteiger partial charge >= 0.3 is 0 Å². The van der Waals surface area contributed by atoms with Crippen LogP contribution in [0, 0.1) is 0 Å². The van der Waals surface area contributed by atoms with Gasteiger partial charge in [0.1, 0.15) is 6.61 Å². The lowest BCUT2D eigenvalue weighted by atomic mass is 10.2. The summed E-state index contributed by atoms with van der Waals surface area (Å²) in [4.78, 5) is 0. The molecule has 0 aromatic heterocycles. The molecule has 0 bridgehead atoms. The monoisotopic (exact) mass is 432 g/mol. The van der Waals surface area contributed by atoms with E-state index >= 15 is 0 Å². The fraction of sp³-hybridized carbons (Fsp3) is 0.250. The lowest BCUT2D eigenvalue weighted by Crippen LogP contribution is -2.01. The molecule has 2 aromatic rings. The number of benzene rings is 2. The molecular weight excluding hydrogens is 419 g/mol. The van der Waals surface area contributed by atoms with Crippen molar-refractivity contribution in [1.29, 1.82) is 0 Å². The topological polar surface area (TPSA) is 18.5 Å². The van der Waals surface area contributed by atoms with Crippen molar-refractivity contribution in [3.63, 3.8) is 0 Å². The smallest absolute Gasteiger partial charge is 0.175 e.